The molecule has 0 aromatic heterocycles. The van der Waals surface area contributed by atoms with E-state index in [1.165, 1.54) is 0 Å². The van der Waals surface area contributed by atoms with Gasteiger partial charge in [-0.3, -0.25) is 9.00 Å². The van der Waals surface area contributed by atoms with Crippen LogP contribution in [0, 0.1) is 0 Å². The standard InChI is InChI=1S/C19H21N3O3S/c1-26(25)12-13-3-2-4-14(11-13)18(23)20-15-5-7-16(8-6-15)21-19(24)22-17-9-10-17/h2-8,11,17H,9-10,12H2,1H3,(H,20,23)(H2,21,22,24). The highest BCUT2D eigenvalue weighted by atomic mass is 32.2. The minimum Gasteiger partial charge on any atom is -0.335 e. The normalized spacial score (nSPS) is 14.3. The van der Waals surface area contributed by atoms with Gasteiger partial charge < -0.3 is 16.0 Å². The average molecular weight is 371 g/mol. The third-order valence-electron chi connectivity index (χ3n) is 3.87. The molecule has 3 amide bonds. The van der Waals surface area contributed by atoms with Gasteiger partial charge >= 0.3 is 6.03 Å². The monoisotopic (exact) mass is 371 g/mol. The van der Waals surface area contributed by atoms with Crippen LogP contribution in [0.5, 0.6) is 0 Å². The molecule has 2 aromatic carbocycles. The van der Waals surface area contributed by atoms with E-state index in [2.05, 4.69) is 16.0 Å². The summed E-state index contributed by atoms with van der Waals surface area (Å²) in [5.41, 5.74) is 2.67. The molecule has 2 aromatic rings. The summed E-state index contributed by atoms with van der Waals surface area (Å²) in [5, 5.41) is 8.43. The lowest BCUT2D eigenvalue weighted by atomic mass is 10.1. The third kappa shape index (κ3) is 5.42. The minimum absolute atomic E-state index is 0.214. The average Bonchev–Trinajstić information content (AvgIpc) is 3.40. The minimum atomic E-state index is -0.955. The second-order valence-electron chi connectivity index (χ2n) is 6.32. The number of urea groups is 1. The summed E-state index contributed by atoms with van der Waals surface area (Å²) in [4.78, 5) is 24.1. The van der Waals surface area contributed by atoms with Crippen LogP contribution in [-0.4, -0.2) is 28.4 Å². The summed E-state index contributed by atoms with van der Waals surface area (Å²) in [7, 11) is -0.955. The lowest BCUT2D eigenvalue weighted by Crippen LogP contribution is -2.30. The molecule has 0 radical (unpaired) electrons. The fraction of sp³-hybridized carbons (Fsp3) is 0.263. The molecule has 1 aliphatic rings. The Balaban J connectivity index is 1.58. The fourth-order valence-corrected chi connectivity index (χ4v) is 3.11. The first-order chi connectivity index (χ1) is 12.5. The summed E-state index contributed by atoms with van der Waals surface area (Å²) in [6.07, 6.45) is 3.70. The molecular formula is C19H21N3O3S. The molecule has 0 aliphatic heterocycles. The van der Waals surface area contributed by atoms with Crippen LogP contribution in [0.15, 0.2) is 48.5 Å². The highest BCUT2D eigenvalue weighted by Gasteiger charge is 2.23. The molecule has 136 valence electrons. The van der Waals surface area contributed by atoms with Crippen LogP contribution >= 0.6 is 0 Å². The van der Waals surface area contributed by atoms with Gasteiger partial charge in [-0.1, -0.05) is 12.1 Å². The molecule has 0 saturated heterocycles. The fourth-order valence-electron chi connectivity index (χ4n) is 2.46. The van der Waals surface area contributed by atoms with Crippen LogP contribution in [0.3, 0.4) is 0 Å². The van der Waals surface area contributed by atoms with Gasteiger partial charge in [0.25, 0.3) is 5.91 Å². The van der Waals surface area contributed by atoms with Gasteiger partial charge in [0.1, 0.15) is 0 Å². The van der Waals surface area contributed by atoms with Gasteiger partial charge in [-0.25, -0.2) is 4.79 Å². The number of nitrogens with one attached hydrogen (secondary N) is 3. The molecule has 3 rings (SSSR count). The van der Waals surface area contributed by atoms with E-state index >= 15 is 0 Å². The number of hydrogen-bond donors (Lipinski definition) is 3. The molecule has 1 aliphatic carbocycles. The Kier molecular flexibility index (Phi) is 5.68. The molecule has 1 unspecified atom stereocenters. The van der Waals surface area contributed by atoms with Crippen LogP contribution in [0.4, 0.5) is 16.2 Å². The second-order valence-corrected chi connectivity index (χ2v) is 7.76. The summed E-state index contributed by atoms with van der Waals surface area (Å²) in [6.45, 7) is 0. The lowest BCUT2D eigenvalue weighted by molar-refractivity contribution is 0.102. The molecular weight excluding hydrogens is 350 g/mol. The van der Waals surface area contributed by atoms with E-state index in [4.69, 9.17) is 0 Å². The number of anilines is 2. The first kappa shape index (κ1) is 18.1. The van der Waals surface area contributed by atoms with Crippen LogP contribution < -0.4 is 16.0 Å². The molecule has 0 heterocycles. The van der Waals surface area contributed by atoms with Gasteiger partial charge in [0.15, 0.2) is 0 Å². The molecule has 0 bridgehead atoms. The van der Waals surface area contributed by atoms with Crippen molar-refractivity contribution in [3.05, 3.63) is 59.7 Å². The number of carbonyl (C=O) groups is 2. The summed E-state index contributed by atoms with van der Waals surface area (Å²) in [6, 6.07) is 14.1. The smallest absolute Gasteiger partial charge is 0.319 e. The Hall–Kier alpha value is -2.67. The van der Waals surface area contributed by atoms with E-state index < -0.39 is 10.8 Å². The largest absolute Gasteiger partial charge is 0.335 e. The van der Waals surface area contributed by atoms with E-state index in [9.17, 15) is 13.8 Å². The van der Waals surface area contributed by atoms with E-state index in [0.717, 1.165) is 18.4 Å². The van der Waals surface area contributed by atoms with Crippen molar-refractivity contribution < 1.29 is 13.8 Å². The van der Waals surface area contributed by atoms with Crippen LogP contribution in [0.2, 0.25) is 0 Å². The number of amides is 3. The van der Waals surface area contributed by atoms with Crippen molar-refractivity contribution in [1.29, 1.82) is 0 Å². The van der Waals surface area contributed by atoms with Crippen molar-refractivity contribution in [3.63, 3.8) is 0 Å². The third-order valence-corrected chi connectivity index (χ3v) is 4.61. The first-order valence-electron chi connectivity index (χ1n) is 8.37. The summed E-state index contributed by atoms with van der Waals surface area (Å²) < 4.78 is 11.3. The molecule has 7 heteroatoms. The predicted molar refractivity (Wildman–Crippen MR) is 104 cm³/mol. The second kappa shape index (κ2) is 8.14. The maximum Gasteiger partial charge on any atom is 0.319 e. The summed E-state index contributed by atoms with van der Waals surface area (Å²) >= 11 is 0. The maximum atomic E-state index is 12.4. The molecule has 6 nitrogen and oxygen atoms in total. The highest BCUT2D eigenvalue weighted by molar-refractivity contribution is 7.83. The Morgan fingerprint density at radius 3 is 2.31 bits per heavy atom. The highest BCUT2D eigenvalue weighted by Crippen LogP contribution is 2.19. The van der Waals surface area contributed by atoms with E-state index in [1.807, 2.05) is 6.07 Å². The quantitative estimate of drug-likeness (QED) is 0.729. The Bertz CT molecular complexity index is 832. The predicted octanol–water partition coefficient (Wildman–Crippen LogP) is 3.10. The number of benzene rings is 2. The van der Waals surface area contributed by atoms with Crippen molar-refractivity contribution in [2.24, 2.45) is 0 Å². The SMILES string of the molecule is CS(=O)Cc1cccc(C(=O)Nc2ccc(NC(=O)NC3CC3)cc2)c1. The van der Waals surface area contributed by atoms with Crippen molar-refractivity contribution in [2.75, 3.05) is 16.9 Å². The lowest BCUT2D eigenvalue weighted by Gasteiger charge is -2.09. The molecule has 1 fully saturated rings. The van der Waals surface area contributed by atoms with Crippen LogP contribution in [0.25, 0.3) is 0 Å². The Morgan fingerprint density at radius 2 is 1.69 bits per heavy atom. The van der Waals surface area contributed by atoms with Gasteiger partial charge in [-0.2, -0.15) is 0 Å². The Morgan fingerprint density at radius 1 is 1.04 bits per heavy atom. The molecule has 1 atom stereocenters. The van der Waals surface area contributed by atoms with Crippen LogP contribution in [0.1, 0.15) is 28.8 Å². The van der Waals surface area contributed by atoms with E-state index in [1.54, 1.807) is 48.7 Å². The zero-order valence-electron chi connectivity index (χ0n) is 14.5. The van der Waals surface area contributed by atoms with Crippen molar-refractivity contribution >= 4 is 34.1 Å². The van der Waals surface area contributed by atoms with Crippen molar-refractivity contribution in [3.8, 4) is 0 Å². The van der Waals surface area contributed by atoms with Gasteiger partial charge in [0.2, 0.25) is 0 Å². The van der Waals surface area contributed by atoms with Gasteiger partial charge in [0.05, 0.1) is 0 Å². The van der Waals surface area contributed by atoms with Crippen LogP contribution in [-0.2, 0) is 16.6 Å². The number of rotatable bonds is 6. The van der Waals surface area contributed by atoms with Gasteiger partial charge in [0, 0.05) is 45.8 Å². The van der Waals surface area contributed by atoms with Crippen molar-refractivity contribution in [2.45, 2.75) is 24.6 Å². The van der Waals surface area contributed by atoms with Crippen molar-refractivity contribution in [1.82, 2.24) is 5.32 Å². The molecule has 0 spiro atoms. The topological polar surface area (TPSA) is 87.3 Å². The van der Waals surface area contributed by atoms with E-state index in [0.29, 0.717) is 28.7 Å². The zero-order valence-corrected chi connectivity index (χ0v) is 15.3. The summed E-state index contributed by atoms with van der Waals surface area (Å²) in [5.74, 6) is 0.186. The van der Waals surface area contributed by atoms with Gasteiger partial charge in [-0.15, -0.1) is 0 Å². The van der Waals surface area contributed by atoms with E-state index in [-0.39, 0.29) is 11.9 Å². The molecule has 1 saturated carbocycles. The Labute approximate surface area is 154 Å². The number of carbonyl (C=O) groups excluding carboxylic acids is 2. The molecule has 26 heavy (non-hydrogen) atoms. The zero-order chi connectivity index (χ0) is 18.5. The van der Waals surface area contributed by atoms with Gasteiger partial charge in [-0.05, 0) is 54.8 Å². The molecule has 3 N–H and O–H groups in total. The number of hydrogen-bond acceptors (Lipinski definition) is 3. The maximum absolute atomic E-state index is 12.4. The first-order valence-corrected chi connectivity index (χ1v) is 10.1.